The molecule has 0 radical (unpaired) electrons. The Morgan fingerprint density at radius 2 is 1.82 bits per heavy atom. The van der Waals surface area contributed by atoms with Crippen LogP contribution in [0.2, 0.25) is 0 Å². The van der Waals surface area contributed by atoms with E-state index in [9.17, 15) is 9.18 Å². The summed E-state index contributed by atoms with van der Waals surface area (Å²) >= 11 is 0. The van der Waals surface area contributed by atoms with Gasteiger partial charge in [0.15, 0.2) is 0 Å². The molecule has 1 unspecified atom stereocenters. The van der Waals surface area contributed by atoms with Crippen molar-refractivity contribution >= 4 is 11.6 Å². The fourth-order valence-corrected chi connectivity index (χ4v) is 4.88. The molecule has 0 aliphatic carbocycles. The average Bonchev–Trinajstić information content (AvgIpc) is 3.13. The number of carbonyl (C=O) groups is 1. The van der Waals surface area contributed by atoms with Crippen molar-refractivity contribution in [3.8, 4) is 0 Å². The first kappa shape index (κ1) is 19.6. The van der Waals surface area contributed by atoms with E-state index in [2.05, 4.69) is 16.8 Å². The molecule has 3 aliphatic rings. The molecule has 0 aromatic heterocycles. The number of amides is 1. The van der Waals surface area contributed by atoms with E-state index in [0.29, 0.717) is 19.2 Å². The van der Waals surface area contributed by atoms with E-state index in [1.807, 2.05) is 17.0 Å². The van der Waals surface area contributed by atoms with Gasteiger partial charge in [0.1, 0.15) is 5.82 Å². The summed E-state index contributed by atoms with van der Waals surface area (Å²) in [6.45, 7) is 4.97. The first-order valence-corrected chi connectivity index (χ1v) is 10.7. The number of anilines is 1. The van der Waals surface area contributed by atoms with Gasteiger partial charge in [-0.15, -0.1) is 0 Å². The summed E-state index contributed by atoms with van der Waals surface area (Å²) in [6, 6.07) is 6.94. The number of likely N-dealkylation sites (N-methyl/N-ethyl adjacent to an activating group) is 1. The Kier molecular flexibility index (Phi) is 5.88. The second-order valence-corrected chi connectivity index (χ2v) is 8.66. The van der Waals surface area contributed by atoms with Crippen LogP contribution < -0.4 is 4.90 Å². The van der Waals surface area contributed by atoms with E-state index >= 15 is 0 Å². The molecule has 3 aliphatic heterocycles. The number of nitrogens with zero attached hydrogens (tertiary/aromatic N) is 3. The quantitative estimate of drug-likeness (QED) is 0.793. The van der Waals surface area contributed by atoms with Gasteiger partial charge in [-0.3, -0.25) is 9.69 Å². The van der Waals surface area contributed by atoms with Gasteiger partial charge in [-0.2, -0.15) is 0 Å². The number of benzene rings is 1. The molecule has 3 saturated heterocycles. The smallest absolute Gasteiger partial charge is 0.236 e. The van der Waals surface area contributed by atoms with Crippen molar-refractivity contribution in [3.63, 3.8) is 0 Å². The highest BCUT2D eigenvalue weighted by atomic mass is 19.1. The Labute approximate surface area is 167 Å². The van der Waals surface area contributed by atoms with Crippen LogP contribution >= 0.6 is 0 Å². The molecule has 3 fully saturated rings. The molecule has 1 aromatic carbocycles. The number of carbonyl (C=O) groups excluding carboxylic acids is 1. The van der Waals surface area contributed by atoms with Gasteiger partial charge in [0.25, 0.3) is 0 Å². The van der Waals surface area contributed by atoms with Gasteiger partial charge in [0.05, 0.1) is 24.8 Å². The molecular formula is C22H32FN3O2. The Hall–Kier alpha value is -1.66. The maximum atomic E-state index is 13.2. The molecule has 0 saturated carbocycles. The minimum absolute atomic E-state index is 0.110. The molecule has 1 atom stereocenters. The van der Waals surface area contributed by atoms with Gasteiger partial charge in [-0.05, 0) is 69.5 Å². The number of halogens is 1. The Balaban J connectivity index is 1.28. The van der Waals surface area contributed by atoms with Gasteiger partial charge in [0.2, 0.25) is 5.91 Å². The molecule has 0 N–H and O–H groups in total. The molecule has 6 heteroatoms. The minimum Gasteiger partial charge on any atom is -0.373 e. The molecule has 1 spiro atoms. The van der Waals surface area contributed by atoms with Crippen molar-refractivity contribution in [3.05, 3.63) is 30.1 Å². The number of hydrogen-bond acceptors (Lipinski definition) is 4. The third kappa shape index (κ3) is 4.33. The maximum Gasteiger partial charge on any atom is 0.236 e. The molecular weight excluding hydrogens is 357 g/mol. The van der Waals surface area contributed by atoms with Crippen LogP contribution in [0.4, 0.5) is 10.1 Å². The number of ether oxygens (including phenoxy) is 1. The third-order valence-corrected chi connectivity index (χ3v) is 6.81. The standard InChI is InChI=1S/C22H32FN3O2/c1-24(19-7-5-18(23)6-8-19)20-15-22(28-17-20)9-13-26(14-10-22)21(27)16-25-11-3-2-4-12-25/h5-8,20H,2-4,9-17H2,1H3. The Bertz CT molecular complexity index is 667. The van der Waals surface area contributed by atoms with Gasteiger partial charge < -0.3 is 14.5 Å². The second-order valence-electron chi connectivity index (χ2n) is 8.66. The molecule has 28 heavy (non-hydrogen) atoms. The zero-order chi connectivity index (χ0) is 19.6. The highest BCUT2D eigenvalue weighted by Crippen LogP contribution is 2.38. The van der Waals surface area contributed by atoms with E-state index in [1.54, 1.807) is 0 Å². The Morgan fingerprint density at radius 1 is 1.14 bits per heavy atom. The van der Waals surface area contributed by atoms with E-state index in [-0.39, 0.29) is 17.3 Å². The first-order valence-electron chi connectivity index (χ1n) is 10.7. The molecule has 5 nitrogen and oxygen atoms in total. The summed E-state index contributed by atoms with van der Waals surface area (Å²) in [5.74, 6) is 0.0626. The Morgan fingerprint density at radius 3 is 2.50 bits per heavy atom. The predicted molar refractivity (Wildman–Crippen MR) is 108 cm³/mol. The van der Waals surface area contributed by atoms with Crippen molar-refractivity contribution in [2.24, 2.45) is 0 Å². The third-order valence-electron chi connectivity index (χ3n) is 6.81. The summed E-state index contributed by atoms with van der Waals surface area (Å²) in [5, 5.41) is 0. The highest BCUT2D eigenvalue weighted by Gasteiger charge is 2.44. The van der Waals surface area contributed by atoms with Gasteiger partial charge in [-0.25, -0.2) is 4.39 Å². The van der Waals surface area contributed by atoms with Crippen LogP contribution in [0.5, 0.6) is 0 Å². The van der Waals surface area contributed by atoms with Crippen LogP contribution in [0.25, 0.3) is 0 Å². The number of rotatable bonds is 4. The lowest BCUT2D eigenvalue weighted by Gasteiger charge is -2.40. The lowest BCUT2D eigenvalue weighted by molar-refractivity contribution is -0.137. The largest absolute Gasteiger partial charge is 0.373 e. The van der Waals surface area contributed by atoms with Gasteiger partial charge >= 0.3 is 0 Å². The maximum absolute atomic E-state index is 13.2. The van der Waals surface area contributed by atoms with Gasteiger partial charge in [0, 0.05) is 25.8 Å². The topological polar surface area (TPSA) is 36.0 Å². The highest BCUT2D eigenvalue weighted by molar-refractivity contribution is 5.78. The molecule has 1 amide bonds. The van der Waals surface area contributed by atoms with Crippen molar-refractivity contribution < 1.29 is 13.9 Å². The van der Waals surface area contributed by atoms with E-state index in [0.717, 1.165) is 51.1 Å². The minimum atomic E-state index is -0.210. The zero-order valence-electron chi connectivity index (χ0n) is 16.9. The van der Waals surface area contributed by atoms with Crippen molar-refractivity contribution in [1.29, 1.82) is 0 Å². The molecule has 154 valence electrons. The van der Waals surface area contributed by atoms with Crippen LogP contribution in [0.3, 0.4) is 0 Å². The van der Waals surface area contributed by atoms with Crippen LogP contribution in [-0.4, -0.2) is 73.7 Å². The van der Waals surface area contributed by atoms with Crippen molar-refractivity contribution in [2.75, 3.05) is 51.3 Å². The molecule has 1 aromatic rings. The van der Waals surface area contributed by atoms with Crippen LogP contribution in [0.1, 0.15) is 38.5 Å². The summed E-state index contributed by atoms with van der Waals surface area (Å²) in [7, 11) is 2.05. The lowest BCUT2D eigenvalue weighted by Crippen LogP contribution is -2.50. The zero-order valence-corrected chi connectivity index (χ0v) is 16.9. The number of likely N-dealkylation sites (tertiary alicyclic amines) is 2. The second kappa shape index (κ2) is 8.37. The predicted octanol–water partition coefficient (Wildman–Crippen LogP) is 2.90. The molecule has 0 bridgehead atoms. The van der Waals surface area contributed by atoms with Gasteiger partial charge in [-0.1, -0.05) is 6.42 Å². The van der Waals surface area contributed by atoms with E-state index in [4.69, 9.17) is 4.74 Å². The van der Waals surface area contributed by atoms with E-state index < -0.39 is 0 Å². The van der Waals surface area contributed by atoms with E-state index in [1.165, 1.54) is 31.4 Å². The fourth-order valence-electron chi connectivity index (χ4n) is 4.88. The first-order chi connectivity index (χ1) is 13.5. The summed E-state index contributed by atoms with van der Waals surface area (Å²) in [4.78, 5) is 19.2. The molecule has 4 rings (SSSR count). The monoisotopic (exact) mass is 389 g/mol. The SMILES string of the molecule is CN(c1ccc(F)cc1)C1COC2(CCN(C(=O)CN3CCCCC3)CC2)C1. The number of hydrogen-bond donors (Lipinski definition) is 0. The average molecular weight is 390 g/mol. The van der Waals surface area contributed by atoms with Crippen LogP contribution in [0.15, 0.2) is 24.3 Å². The van der Waals surface area contributed by atoms with Crippen LogP contribution in [-0.2, 0) is 9.53 Å². The lowest BCUT2D eigenvalue weighted by atomic mass is 9.87. The van der Waals surface area contributed by atoms with Crippen molar-refractivity contribution in [2.45, 2.75) is 50.2 Å². The number of piperidine rings is 2. The fraction of sp³-hybridized carbons (Fsp3) is 0.682. The summed E-state index contributed by atoms with van der Waals surface area (Å²) in [5.41, 5.74) is 0.905. The van der Waals surface area contributed by atoms with Crippen LogP contribution in [0, 0.1) is 5.82 Å². The summed E-state index contributed by atoms with van der Waals surface area (Å²) < 4.78 is 19.5. The van der Waals surface area contributed by atoms with Crippen molar-refractivity contribution in [1.82, 2.24) is 9.80 Å². The molecule has 3 heterocycles. The summed E-state index contributed by atoms with van der Waals surface area (Å²) in [6.07, 6.45) is 6.51. The normalized spacial score (nSPS) is 25.2.